The van der Waals surface area contributed by atoms with Crippen LogP contribution in [-0.4, -0.2) is 39.2 Å². The fourth-order valence-corrected chi connectivity index (χ4v) is 2.91. The number of imidazole rings is 1. The Morgan fingerprint density at radius 2 is 2.09 bits per heavy atom. The fraction of sp³-hybridized carbons (Fsp3) is 0.562. The first-order valence-corrected chi connectivity index (χ1v) is 7.87. The first-order chi connectivity index (χ1) is 10.8. The Bertz CT molecular complexity index is 712. The van der Waals surface area contributed by atoms with Crippen molar-refractivity contribution >= 4 is 17.1 Å². The predicted octanol–water partition coefficient (Wildman–Crippen LogP) is 2.24. The molecule has 0 N–H and O–H groups in total. The molecule has 3 heterocycles. The molecule has 0 spiro atoms. The number of fused-ring (bicyclic) bond motifs is 1. The molecule has 1 amide bonds. The van der Waals surface area contributed by atoms with Crippen LogP contribution in [0.2, 0.25) is 0 Å². The van der Waals surface area contributed by atoms with Crippen molar-refractivity contribution in [2.45, 2.75) is 45.3 Å². The number of amides is 1. The molecule has 0 unspecified atom stereocenters. The highest BCUT2D eigenvalue weighted by Crippen LogP contribution is 2.26. The van der Waals surface area contributed by atoms with Gasteiger partial charge in [-0.15, -0.1) is 0 Å². The van der Waals surface area contributed by atoms with E-state index in [1.165, 1.54) is 12.4 Å². The predicted molar refractivity (Wildman–Crippen MR) is 84.8 cm³/mol. The highest BCUT2D eigenvalue weighted by Gasteiger charge is 2.28. The summed E-state index contributed by atoms with van der Waals surface area (Å²) in [6.45, 7) is 6.94. The Balaban J connectivity index is 1.67. The van der Waals surface area contributed by atoms with Crippen LogP contribution in [0.3, 0.4) is 0 Å². The van der Waals surface area contributed by atoms with E-state index in [0.717, 1.165) is 23.1 Å². The zero-order valence-electron chi connectivity index (χ0n) is 13.7. The molecule has 1 aliphatic rings. The summed E-state index contributed by atoms with van der Waals surface area (Å²) < 4.78 is 8.27. The molecule has 7 heteroatoms. The number of piperidine rings is 1. The third-order valence-corrected chi connectivity index (χ3v) is 4.00. The smallest absolute Gasteiger partial charge is 0.410 e. The average molecular weight is 318 g/mol. The van der Waals surface area contributed by atoms with Crippen molar-refractivity contribution < 1.29 is 14.3 Å². The molecule has 2 aromatic rings. The second-order valence-corrected chi connectivity index (χ2v) is 6.93. The molecule has 3 rings (SSSR count). The molecular weight excluding hydrogens is 296 g/mol. The van der Waals surface area contributed by atoms with Gasteiger partial charge in [0.25, 0.3) is 0 Å². The van der Waals surface area contributed by atoms with E-state index in [1.807, 2.05) is 20.8 Å². The highest BCUT2D eigenvalue weighted by atomic mass is 16.6. The van der Waals surface area contributed by atoms with Gasteiger partial charge in [0, 0.05) is 25.2 Å². The Labute approximate surface area is 135 Å². The van der Waals surface area contributed by atoms with E-state index in [-0.39, 0.29) is 12.1 Å². The fourth-order valence-electron chi connectivity index (χ4n) is 2.91. The van der Waals surface area contributed by atoms with Crippen LogP contribution in [0.4, 0.5) is 4.79 Å². The third-order valence-electron chi connectivity index (χ3n) is 4.00. The lowest BCUT2D eigenvalue weighted by Gasteiger charge is -2.34. The number of rotatable bonds is 1. The molecule has 0 aliphatic carbocycles. The van der Waals surface area contributed by atoms with Gasteiger partial charge in [0.05, 0.1) is 11.8 Å². The standard InChI is InChI=1S/C16H22N4O3/c1-16(2,3)23-15(21)18-7-4-12(5-8-18)20-11-17-13-10-19(22)9-6-14(13)20/h6,9-12H,4-5,7-8H2,1-3H3. The SMILES string of the molecule is CC(C)(C)OC(=O)N1CCC(n2cnc3c[n+]([O-])ccc32)CC1. The lowest BCUT2D eigenvalue weighted by molar-refractivity contribution is -0.604. The summed E-state index contributed by atoms with van der Waals surface area (Å²) in [7, 11) is 0. The van der Waals surface area contributed by atoms with E-state index in [4.69, 9.17) is 4.74 Å². The molecule has 0 radical (unpaired) electrons. The van der Waals surface area contributed by atoms with Crippen molar-refractivity contribution in [1.29, 1.82) is 0 Å². The van der Waals surface area contributed by atoms with Gasteiger partial charge < -0.3 is 19.4 Å². The Morgan fingerprint density at radius 1 is 1.39 bits per heavy atom. The quantitative estimate of drug-likeness (QED) is 0.597. The Morgan fingerprint density at radius 3 is 2.74 bits per heavy atom. The number of likely N-dealkylation sites (tertiary alicyclic amines) is 1. The second kappa shape index (κ2) is 5.72. The van der Waals surface area contributed by atoms with E-state index in [2.05, 4.69) is 9.55 Å². The van der Waals surface area contributed by atoms with Crippen LogP contribution >= 0.6 is 0 Å². The van der Waals surface area contributed by atoms with Gasteiger partial charge in [-0.05, 0) is 33.6 Å². The number of carbonyl (C=O) groups excluding carboxylic acids is 1. The normalized spacial score (nSPS) is 16.7. The minimum atomic E-state index is -0.470. The molecule has 0 aromatic carbocycles. The van der Waals surface area contributed by atoms with Gasteiger partial charge in [-0.25, -0.2) is 9.78 Å². The van der Waals surface area contributed by atoms with Crippen LogP contribution in [0, 0.1) is 5.21 Å². The Kier molecular flexibility index (Phi) is 3.87. The van der Waals surface area contributed by atoms with Crippen LogP contribution in [0.15, 0.2) is 24.8 Å². The minimum absolute atomic E-state index is 0.251. The second-order valence-electron chi connectivity index (χ2n) is 6.93. The van der Waals surface area contributed by atoms with Gasteiger partial charge in [0.1, 0.15) is 5.60 Å². The van der Waals surface area contributed by atoms with Crippen molar-refractivity contribution in [2.24, 2.45) is 0 Å². The van der Waals surface area contributed by atoms with Crippen molar-refractivity contribution in [3.63, 3.8) is 0 Å². The summed E-state index contributed by atoms with van der Waals surface area (Å²) in [5.74, 6) is 0. The van der Waals surface area contributed by atoms with E-state index in [9.17, 15) is 10.0 Å². The lowest BCUT2D eigenvalue weighted by atomic mass is 10.1. The maximum Gasteiger partial charge on any atom is 0.410 e. The Hall–Kier alpha value is -2.31. The molecular formula is C16H22N4O3. The van der Waals surface area contributed by atoms with Crippen molar-refractivity contribution in [3.05, 3.63) is 30.0 Å². The third kappa shape index (κ3) is 3.38. The summed E-state index contributed by atoms with van der Waals surface area (Å²) in [4.78, 5) is 18.2. The number of nitrogens with zero attached hydrogens (tertiary/aromatic N) is 4. The molecule has 0 atom stereocenters. The molecule has 2 aromatic heterocycles. The number of carbonyl (C=O) groups is 1. The van der Waals surface area contributed by atoms with Crippen molar-refractivity contribution in [1.82, 2.24) is 14.5 Å². The van der Waals surface area contributed by atoms with Crippen LogP contribution in [0.5, 0.6) is 0 Å². The van der Waals surface area contributed by atoms with Gasteiger partial charge in [-0.3, -0.25) is 0 Å². The number of ether oxygens (including phenoxy) is 1. The topological polar surface area (TPSA) is 74.3 Å². The first kappa shape index (κ1) is 15.6. The summed E-state index contributed by atoms with van der Waals surface area (Å²) in [5.41, 5.74) is 1.17. The first-order valence-electron chi connectivity index (χ1n) is 7.87. The van der Waals surface area contributed by atoms with E-state index in [1.54, 1.807) is 17.3 Å². The maximum atomic E-state index is 12.1. The summed E-state index contributed by atoms with van der Waals surface area (Å²) >= 11 is 0. The maximum absolute atomic E-state index is 12.1. The molecule has 23 heavy (non-hydrogen) atoms. The van der Waals surface area contributed by atoms with Crippen molar-refractivity contribution in [3.8, 4) is 0 Å². The van der Waals surface area contributed by atoms with Gasteiger partial charge >= 0.3 is 6.09 Å². The highest BCUT2D eigenvalue weighted by molar-refractivity contribution is 5.73. The largest absolute Gasteiger partial charge is 0.619 e. The van der Waals surface area contributed by atoms with Gasteiger partial charge in [-0.1, -0.05) is 0 Å². The lowest BCUT2D eigenvalue weighted by Crippen LogP contribution is -2.42. The zero-order valence-corrected chi connectivity index (χ0v) is 13.7. The molecule has 1 saturated heterocycles. The van der Waals surface area contributed by atoms with Gasteiger partial charge in [0.2, 0.25) is 6.20 Å². The molecule has 1 fully saturated rings. The molecule has 1 aliphatic heterocycles. The number of aromatic nitrogens is 3. The summed E-state index contributed by atoms with van der Waals surface area (Å²) in [5, 5.41) is 11.3. The molecule has 7 nitrogen and oxygen atoms in total. The number of hydrogen-bond acceptors (Lipinski definition) is 4. The van der Waals surface area contributed by atoms with E-state index >= 15 is 0 Å². The minimum Gasteiger partial charge on any atom is -0.619 e. The van der Waals surface area contributed by atoms with Crippen LogP contribution in [0.1, 0.15) is 39.7 Å². The van der Waals surface area contributed by atoms with Gasteiger partial charge in [0.15, 0.2) is 11.7 Å². The number of pyridine rings is 1. The van der Waals surface area contributed by atoms with Crippen LogP contribution in [0.25, 0.3) is 11.0 Å². The van der Waals surface area contributed by atoms with Crippen LogP contribution in [-0.2, 0) is 4.74 Å². The monoisotopic (exact) mass is 318 g/mol. The molecule has 0 bridgehead atoms. The zero-order chi connectivity index (χ0) is 16.6. The van der Waals surface area contributed by atoms with Gasteiger partial charge in [-0.2, -0.15) is 4.73 Å². The van der Waals surface area contributed by atoms with E-state index < -0.39 is 5.60 Å². The average Bonchev–Trinajstić information content (AvgIpc) is 2.88. The van der Waals surface area contributed by atoms with Crippen molar-refractivity contribution in [2.75, 3.05) is 13.1 Å². The summed E-state index contributed by atoms with van der Waals surface area (Å²) in [6.07, 6.45) is 6.17. The number of hydrogen-bond donors (Lipinski definition) is 0. The summed E-state index contributed by atoms with van der Waals surface area (Å²) in [6, 6.07) is 2.07. The molecule has 0 saturated carbocycles. The van der Waals surface area contributed by atoms with Crippen LogP contribution < -0.4 is 4.73 Å². The van der Waals surface area contributed by atoms with E-state index in [0.29, 0.717) is 18.6 Å². The molecule has 124 valence electrons.